The number of hydrogen-bond acceptors (Lipinski definition) is 2. The van der Waals surface area contributed by atoms with Crippen LogP contribution in [0.1, 0.15) is 17.0 Å². The van der Waals surface area contributed by atoms with Gasteiger partial charge in [-0.15, -0.1) is 0 Å². The SMILES string of the molecule is Cc1nn(-c2ccccc2)c2c1-c1nc3ccccc3cc1CC2. The van der Waals surface area contributed by atoms with Gasteiger partial charge in [0, 0.05) is 10.9 Å². The number of rotatable bonds is 1. The van der Waals surface area contributed by atoms with E-state index in [4.69, 9.17) is 10.1 Å². The Kier molecular flexibility index (Phi) is 2.83. The molecule has 0 aliphatic heterocycles. The minimum Gasteiger partial charge on any atom is -0.247 e. The Morgan fingerprint density at radius 1 is 0.917 bits per heavy atom. The van der Waals surface area contributed by atoms with Gasteiger partial charge in [-0.3, -0.25) is 0 Å². The van der Waals surface area contributed by atoms with Gasteiger partial charge < -0.3 is 0 Å². The second-order valence-electron chi connectivity index (χ2n) is 6.34. The van der Waals surface area contributed by atoms with E-state index in [-0.39, 0.29) is 0 Å². The van der Waals surface area contributed by atoms with E-state index >= 15 is 0 Å². The number of benzene rings is 2. The molecule has 0 saturated carbocycles. The van der Waals surface area contributed by atoms with Gasteiger partial charge in [0.05, 0.1) is 28.3 Å². The summed E-state index contributed by atoms with van der Waals surface area (Å²) in [4.78, 5) is 4.97. The Morgan fingerprint density at radius 3 is 2.58 bits per heavy atom. The third kappa shape index (κ3) is 1.91. The van der Waals surface area contributed by atoms with Crippen LogP contribution in [0.2, 0.25) is 0 Å². The number of nitrogens with zero attached hydrogens (tertiary/aromatic N) is 3. The lowest BCUT2D eigenvalue weighted by Gasteiger charge is -2.18. The van der Waals surface area contributed by atoms with Crippen LogP contribution >= 0.6 is 0 Å². The normalized spacial score (nSPS) is 12.9. The van der Waals surface area contributed by atoms with Crippen LogP contribution < -0.4 is 0 Å². The van der Waals surface area contributed by atoms with Gasteiger partial charge in [-0.05, 0) is 49.6 Å². The largest absolute Gasteiger partial charge is 0.247 e. The van der Waals surface area contributed by atoms with E-state index in [2.05, 4.69) is 60.1 Å². The molecule has 3 nitrogen and oxygen atoms in total. The molecule has 2 heterocycles. The summed E-state index contributed by atoms with van der Waals surface area (Å²) in [5.41, 5.74) is 8.14. The zero-order valence-electron chi connectivity index (χ0n) is 13.5. The molecular weight excluding hydrogens is 294 g/mol. The van der Waals surface area contributed by atoms with Gasteiger partial charge in [-0.25, -0.2) is 9.67 Å². The molecule has 0 bridgehead atoms. The topological polar surface area (TPSA) is 30.7 Å². The highest BCUT2D eigenvalue weighted by Crippen LogP contribution is 2.37. The molecule has 0 saturated heterocycles. The van der Waals surface area contributed by atoms with Crippen molar-refractivity contribution in [1.29, 1.82) is 0 Å². The molecular formula is C21H17N3. The average molecular weight is 311 g/mol. The summed E-state index contributed by atoms with van der Waals surface area (Å²) >= 11 is 0. The first-order chi connectivity index (χ1) is 11.8. The fraction of sp³-hybridized carbons (Fsp3) is 0.143. The van der Waals surface area contributed by atoms with Gasteiger partial charge in [0.1, 0.15) is 0 Å². The Bertz CT molecular complexity index is 1060. The summed E-state index contributed by atoms with van der Waals surface area (Å²) < 4.78 is 2.09. The molecule has 0 atom stereocenters. The number of fused-ring (bicyclic) bond motifs is 4. The number of aryl methyl sites for hydroxylation is 2. The maximum absolute atomic E-state index is 4.97. The lowest BCUT2D eigenvalue weighted by molar-refractivity contribution is 0.774. The van der Waals surface area contributed by atoms with Crippen molar-refractivity contribution in [2.24, 2.45) is 0 Å². The van der Waals surface area contributed by atoms with Crippen LogP contribution in [-0.4, -0.2) is 14.8 Å². The van der Waals surface area contributed by atoms with Crippen LogP contribution in [0.15, 0.2) is 60.7 Å². The van der Waals surface area contributed by atoms with Gasteiger partial charge in [0.2, 0.25) is 0 Å². The van der Waals surface area contributed by atoms with Crippen molar-refractivity contribution in [3.8, 4) is 16.9 Å². The molecule has 3 heteroatoms. The number of para-hydroxylation sites is 2. The van der Waals surface area contributed by atoms with Gasteiger partial charge in [0.15, 0.2) is 0 Å². The van der Waals surface area contributed by atoms with Crippen molar-refractivity contribution < 1.29 is 0 Å². The highest BCUT2D eigenvalue weighted by molar-refractivity contribution is 5.85. The van der Waals surface area contributed by atoms with E-state index in [1.807, 2.05) is 12.1 Å². The fourth-order valence-electron chi connectivity index (χ4n) is 3.72. The van der Waals surface area contributed by atoms with E-state index in [9.17, 15) is 0 Å². The van der Waals surface area contributed by atoms with E-state index in [0.717, 1.165) is 35.4 Å². The van der Waals surface area contributed by atoms with Gasteiger partial charge in [-0.2, -0.15) is 5.10 Å². The minimum absolute atomic E-state index is 0.998. The van der Waals surface area contributed by atoms with Crippen molar-refractivity contribution in [3.63, 3.8) is 0 Å². The maximum Gasteiger partial charge on any atom is 0.0779 e. The van der Waals surface area contributed by atoms with Crippen LogP contribution in [0, 0.1) is 6.92 Å². The fourth-order valence-corrected chi connectivity index (χ4v) is 3.72. The third-order valence-electron chi connectivity index (χ3n) is 4.83. The minimum atomic E-state index is 0.998. The van der Waals surface area contributed by atoms with Gasteiger partial charge in [-0.1, -0.05) is 36.4 Å². The van der Waals surface area contributed by atoms with E-state index in [0.29, 0.717) is 0 Å². The zero-order chi connectivity index (χ0) is 16.1. The molecule has 0 N–H and O–H groups in total. The molecule has 4 aromatic rings. The molecule has 0 radical (unpaired) electrons. The second kappa shape index (κ2) is 5.03. The predicted molar refractivity (Wildman–Crippen MR) is 96.4 cm³/mol. The first-order valence-corrected chi connectivity index (χ1v) is 8.34. The summed E-state index contributed by atoms with van der Waals surface area (Å²) in [6.45, 7) is 2.09. The van der Waals surface area contributed by atoms with Crippen molar-refractivity contribution in [2.75, 3.05) is 0 Å². The molecule has 1 aliphatic carbocycles. The van der Waals surface area contributed by atoms with Crippen LogP contribution in [-0.2, 0) is 12.8 Å². The molecule has 0 amide bonds. The molecule has 0 fully saturated rings. The van der Waals surface area contributed by atoms with Crippen molar-refractivity contribution >= 4 is 10.9 Å². The monoisotopic (exact) mass is 311 g/mol. The molecule has 2 aromatic carbocycles. The maximum atomic E-state index is 4.97. The Labute approximate surface area is 140 Å². The van der Waals surface area contributed by atoms with Crippen molar-refractivity contribution in [2.45, 2.75) is 19.8 Å². The third-order valence-corrected chi connectivity index (χ3v) is 4.83. The highest BCUT2D eigenvalue weighted by atomic mass is 15.3. The molecule has 116 valence electrons. The summed E-state index contributed by atoms with van der Waals surface area (Å²) in [5.74, 6) is 0. The van der Waals surface area contributed by atoms with Crippen LogP contribution in [0.5, 0.6) is 0 Å². The molecule has 0 spiro atoms. The Hall–Kier alpha value is -2.94. The lowest BCUT2D eigenvalue weighted by Crippen LogP contribution is -2.10. The van der Waals surface area contributed by atoms with E-state index < -0.39 is 0 Å². The average Bonchev–Trinajstić information content (AvgIpc) is 2.98. The van der Waals surface area contributed by atoms with Crippen molar-refractivity contribution in [1.82, 2.24) is 14.8 Å². The summed E-state index contributed by atoms with van der Waals surface area (Å²) in [6.07, 6.45) is 2.01. The highest BCUT2D eigenvalue weighted by Gasteiger charge is 2.25. The van der Waals surface area contributed by atoms with Gasteiger partial charge >= 0.3 is 0 Å². The predicted octanol–water partition coefficient (Wildman–Crippen LogP) is 4.49. The lowest BCUT2D eigenvalue weighted by atomic mass is 9.91. The summed E-state index contributed by atoms with van der Waals surface area (Å²) in [6, 6.07) is 21.0. The second-order valence-corrected chi connectivity index (χ2v) is 6.34. The molecule has 0 unspecified atom stereocenters. The number of aromatic nitrogens is 3. The molecule has 1 aliphatic rings. The molecule has 2 aromatic heterocycles. The smallest absolute Gasteiger partial charge is 0.0779 e. The first-order valence-electron chi connectivity index (χ1n) is 8.34. The van der Waals surface area contributed by atoms with Crippen LogP contribution in [0.4, 0.5) is 0 Å². The quantitative estimate of drug-likeness (QED) is 0.518. The van der Waals surface area contributed by atoms with Crippen LogP contribution in [0.25, 0.3) is 27.8 Å². The summed E-state index contributed by atoms with van der Waals surface area (Å²) in [7, 11) is 0. The molecule has 24 heavy (non-hydrogen) atoms. The molecule has 5 rings (SSSR count). The number of pyridine rings is 1. The Balaban J connectivity index is 1.77. The summed E-state index contributed by atoms with van der Waals surface area (Å²) in [5, 5.41) is 6.03. The Morgan fingerprint density at radius 2 is 1.71 bits per heavy atom. The zero-order valence-corrected chi connectivity index (χ0v) is 13.5. The van der Waals surface area contributed by atoms with Gasteiger partial charge in [0.25, 0.3) is 0 Å². The van der Waals surface area contributed by atoms with Crippen LogP contribution in [0.3, 0.4) is 0 Å². The first kappa shape index (κ1) is 13.5. The number of hydrogen-bond donors (Lipinski definition) is 0. The van der Waals surface area contributed by atoms with E-state index in [1.165, 1.54) is 22.2 Å². The van der Waals surface area contributed by atoms with Crippen molar-refractivity contribution in [3.05, 3.63) is 77.6 Å². The standard InChI is InChI=1S/C21H17N3/c1-14-20-19(24(23-14)17-8-3-2-4-9-17)12-11-16-13-15-7-5-6-10-18(15)22-21(16)20/h2-10,13H,11-12H2,1H3. The van der Waals surface area contributed by atoms with E-state index in [1.54, 1.807) is 0 Å².